The Morgan fingerprint density at radius 2 is 2.15 bits per heavy atom. The highest BCUT2D eigenvalue weighted by Crippen LogP contribution is 2.22. The zero-order chi connectivity index (χ0) is 9.10. The number of quaternary nitrogens is 1. The second kappa shape index (κ2) is 3.88. The largest absolute Gasteiger partial charge is 0.468 e. The van der Waals surface area contributed by atoms with Gasteiger partial charge < -0.3 is 4.90 Å². The summed E-state index contributed by atoms with van der Waals surface area (Å²) in [6.45, 7) is 2.39. The second-order valence-corrected chi connectivity index (χ2v) is 3.81. The van der Waals surface area contributed by atoms with E-state index < -0.39 is 0 Å². The van der Waals surface area contributed by atoms with Crippen molar-refractivity contribution in [2.75, 3.05) is 13.1 Å². The van der Waals surface area contributed by atoms with Crippen LogP contribution in [0, 0.1) is 7.05 Å². The van der Waals surface area contributed by atoms with E-state index in [2.05, 4.69) is 18.1 Å². The highest BCUT2D eigenvalue weighted by atomic mass is 15.1. The normalized spacial score (nSPS) is 28.7. The number of pyridine rings is 1. The van der Waals surface area contributed by atoms with Gasteiger partial charge in [-0.15, -0.1) is 0 Å². The van der Waals surface area contributed by atoms with Crippen molar-refractivity contribution in [2.45, 2.75) is 18.8 Å². The first-order chi connectivity index (χ1) is 6.36. The Kier molecular flexibility index (Phi) is 2.60. The minimum Gasteiger partial charge on any atom is -0.468 e. The van der Waals surface area contributed by atoms with E-state index in [0.29, 0.717) is 0 Å². The van der Waals surface area contributed by atoms with Crippen molar-refractivity contribution >= 4 is 0 Å². The zero-order valence-electron chi connectivity index (χ0n) is 7.87. The van der Waals surface area contributed by atoms with Gasteiger partial charge in [0.25, 0.3) is 0 Å². The van der Waals surface area contributed by atoms with Gasteiger partial charge >= 0.3 is 0 Å². The molecule has 0 unspecified atom stereocenters. The van der Waals surface area contributed by atoms with Gasteiger partial charge in [-0.2, -0.15) is 7.05 Å². The number of likely N-dealkylation sites (tertiary alicyclic amines) is 1. The third-order valence-electron chi connectivity index (χ3n) is 2.85. The molecule has 1 aromatic heterocycles. The van der Waals surface area contributed by atoms with Crippen LogP contribution in [0.15, 0.2) is 24.5 Å². The lowest BCUT2D eigenvalue weighted by molar-refractivity contribution is -0.859. The van der Waals surface area contributed by atoms with Gasteiger partial charge in [-0.3, -0.25) is 4.98 Å². The first kappa shape index (κ1) is 8.70. The number of hydrogen-bond donors (Lipinski definition) is 1. The molecule has 2 heteroatoms. The Hall–Kier alpha value is -0.890. The number of piperidine rings is 1. The Bertz CT molecular complexity index is 250. The van der Waals surface area contributed by atoms with Crippen molar-refractivity contribution in [3.8, 4) is 0 Å². The summed E-state index contributed by atoms with van der Waals surface area (Å²) in [4.78, 5) is 5.57. The highest BCUT2D eigenvalue weighted by Gasteiger charge is 2.18. The van der Waals surface area contributed by atoms with E-state index >= 15 is 0 Å². The Morgan fingerprint density at radius 3 is 2.77 bits per heavy atom. The summed E-state index contributed by atoms with van der Waals surface area (Å²) in [5, 5.41) is 0. The second-order valence-electron chi connectivity index (χ2n) is 3.81. The molecule has 0 radical (unpaired) electrons. The maximum Gasteiger partial charge on any atom is 0.0536 e. The van der Waals surface area contributed by atoms with Crippen LogP contribution >= 0.6 is 0 Å². The molecule has 0 bridgehead atoms. The molecule has 0 saturated carbocycles. The SMILES string of the molecule is [CH2-][NH+]1CCC(c2cccnc2)CC1. The fourth-order valence-corrected chi connectivity index (χ4v) is 1.98. The van der Waals surface area contributed by atoms with E-state index in [9.17, 15) is 0 Å². The minimum atomic E-state index is 0.721. The number of hydrogen-bond acceptors (Lipinski definition) is 1. The Morgan fingerprint density at radius 1 is 1.38 bits per heavy atom. The van der Waals surface area contributed by atoms with E-state index in [1.165, 1.54) is 36.4 Å². The summed E-state index contributed by atoms with van der Waals surface area (Å²) < 4.78 is 0. The van der Waals surface area contributed by atoms with Crippen molar-refractivity contribution in [3.05, 3.63) is 37.1 Å². The number of rotatable bonds is 1. The molecule has 1 aliphatic heterocycles. The number of nitrogens with one attached hydrogen (secondary N) is 1. The van der Waals surface area contributed by atoms with Crippen LogP contribution in [-0.2, 0) is 0 Å². The fraction of sp³-hybridized carbons (Fsp3) is 0.455. The van der Waals surface area contributed by atoms with Crippen molar-refractivity contribution in [1.29, 1.82) is 0 Å². The summed E-state index contributed by atoms with van der Waals surface area (Å²) in [5.41, 5.74) is 1.40. The Labute approximate surface area is 79.6 Å². The van der Waals surface area contributed by atoms with Gasteiger partial charge in [0.05, 0.1) is 13.1 Å². The molecular formula is C11H16N2. The van der Waals surface area contributed by atoms with Gasteiger partial charge in [0, 0.05) is 25.2 Å². The fourth-order valence-electron chi connectivity index (χ4n) is 1.98. The molecule has 1 aromatic rings. The first-order valence-corrected chi connectivity index (χ1v) is 4.93. The molecule has 2 nitrogen and oxygen atoms in total. The predicted molar refractivity (Wildman–Crippen MR) is 52.3 cm³/mol. The van der Waals surface area contributed by atoms with Crippen LogP contribution in [0.25, 0.3) is 0 Å². The maximum absolute atomic E-state index is 4.16. The van der Waals surface area contributed by atoms with Gasteiger partial charge in [0.2, 0.25) is 0 Å². The highest BCUT2D eigenvalue weighted by molar-refractivity contribution is 5.14. The molecule has 0 spiro atoms. The average Bonchev–Trinajstić information content (AvgIpc) is 2.20. The van der Waals surface area contributed by atoms with Crippen LogP contribution in [0.4, 0.5) is 0 Å². The third kappa shape index (κ3) is 2.07. The topological polar surface area (TPSA) is 17.3 Å². The van der Waals surface area contributed by atoms with Gasteiger partial charge in [-0.05, 0) is 17.5 Å². The smallest absolute Gasteiger partial charge is 0.0536 e. The maximum atomic E-state index is 4.16. The molecule has 1 N–H and O–H groups in total. The van der Waals surface area contributed by atoms with E-state index in [-0.39, 0.29) is 0 Å². The first-order valence-electron chi connectivity index (χ1n) is 4.93. The van der Waals surface area contributed by atoms with Gasteiger partial charge in [0.1, 0.15) is 0 Å². The molecule has 0 aliphatic carbocycles. The molecule has 1 fully saturated rings. The lowest BCUT2D eigenvalue weighted by atomic mass is 9.91. The molecule has 70 valence electrons. The molecule has 2 heterocycles. The van der Waals surface area contributed by atoms with Crippen LogP contribution in [0.1, 0.15) is 24.3 Å². The molecule has 1 aliphatic rings. The van der Waals surface area contributed by atoms with E-state index in [4.69, 9.17) is 0 Å². The molecule has 2 rings (SSSR count). The molecule has 0 amide bonds. The summed E-state index contributed by atoms with van der Waals surface area (Å²) >= 11 is 0. The predicted octanol–water partition coefficient (Wildman–Crippen LogP) is 0.635. The van der Waals surface area contributed by atoms with Gasteiger partial charge in [-0.25, -0.2) is 0 Å². The molecule has 13 heavy (non-hydrogen) atoms. The molecule has 1 saturated heterocycles. The van der Waals surface area contributed by atoms with Gasteiger partial charge in [-0.1, -0.05) is 6.07 Å². The number of nitrogens with zero attached hydrogens (tertiary/aromatic N) is 1. The van der Waals surface area contributed by atoms with Crippen LogP contribution in [0.2, 0.25) is 0 Å². The van der Waals surface area contributed by atoms with Crippen molar-refractivity contribution in [1.82, 2.24) is 4.98 Å². The van der Waals surface area contributed by atoms with Gasteiger partial charge in [0.15, 0.2) is 0 Å². The third-order valence-corrected chi connectivity index (χ3v) is 2.85. The molecule has 0 atom stereocenters. The zero-order valence-corrected chi connectivity index (χ0v) is 7.87. The summed E-state index contributed by atoms with van der Waals surface area (Å²) in [6, 6.07) is 4.21. The van der Waals surface area contributed by atoms with Crippen LogP contribution in [0.5, 0.6) is 0 Å². The minimum absolute atomic E-state index is 0.721. The van der Waals surface area contributed by atoms with E-state index in [1.807, 2.05) is 18.5 Å². The standard InChI is InChI=1S/C11H16N2/c1-13-7-4-10(5-8-13)11-3-2-6-12-9-11/h2-3,6,9-10,13H,1,4-5,7-8H2. The lowest BCUT2D eigenvalue weighted by Gasteiger charge is -2.30. The summed E-state index contributed by atoms with van der Waals surface area (Å²) in [7, 11) is 4.03. The van der Waals surface area contributed by atoms with Crippen LogP contribution in [-0.4, -0.2) is 18.1 Å². The van der Waals surface area contributed by atoms with Crippen LogP contribution < -0.4 is 4.90 Å². The average molecular weight is 176 g/mol. The van der Waals surface area contributed by atoms with Crippen molar-refractivity contribution < 1.29 is 4.90 Å². The van der Waals surface area contributed by atoms with E-state index in [1.54, 1.807) is 0 Å². The summed E-state index contributed by atoms with van der Waals surface area (Å²) in [6.07, 6.45) is 6.35. The van der Waals surface area contributed by atoms with Crippen LogP contribution in [0.3, 0.4) is 0 Å². The van der Waals surface area contributed by atoms with Crippen molar-refractivity contribution in [3.63, 3.8) is 0 Å². The van der Waals surface area contributed by atoms with E-state index in [0.717, 1.165) is 5.92 Å². The number of aromatic nitrogens is 1. The Balaban J connectivity index is 2.03. The van der Waals surface area contributed by atoms with Crippen molar-refractivity contribution in [2.24, 2.45) is 0 Å². The lowest BCUT2D eigenvalue weighted by Crippen LogP contribution is -3.07. The molecule has 0 aromatic carbocycles. The quantitative estimate of drug-likeness (QED) is 0.621. The monoisotopic (exact) mass is 176 g/mol. The summed E-state index contributed by atoms with van der Waals surface area (Å²) in [5.74, 6) is 0.721. The molecular weight excluding hydrogens is 160 g/mol.